The van der Waals surface area contributed by atoms with Crippen LogP contribution in [0.3, 0.4) is 0 Å². The number of hydrogen-bond donors (Lipinski definition) is 1. The molecule has 0 unspecified atom stereocenters. The number of thiophene rings is 1. The molecule has 18 heavy (non-hydrogen) atoms. The number of sulfone groups is 1. The molecule has 0 amide bonds. The van der Waals surface area contributed by atoms with Crippen LogP contribution in [0.25, 0.3) is 0 Å². The molecule has 0 aliphatic carbocycles. The van der Waals surface area contributed by atoms with Crippen LogP contribution < -0.4 is 5.14 Å². The molecule has 2 aromatic rings. The minimum absolute atomic E-state index is 0.106. The molecule has 0 saturated carbocycles. The van der Waals surface area contributed by atoms with E-state index in [0.29, 0.717) is 11.3 Å². The molecule has 0 bridgehead atoms. The van der Waals surface area contributed by atoms with Gasteiger partial charge in [-0.2, -0.15) is 0 Å². The SMILES string of the molecule is NS(=O)(=O)c1ccc(S(=O)(=O)c2ccccn2)s1. The Morgan fingerprint density at radius 3 is 2.17 bits per heavy atom. The smallest absolute Gasteiger partial charge is 0.244 e. The highest BCUT2D eigenvalue weighted by atomic mass is 32.3. The van der Waals surface area contributed by atoms with Gasteiger partial charge in [-0.05, 0) is 24.3 Å². The lowest BCUT2D eigenvalue weighted by Gasteiger charge is -1.99. The van der Waals surface area contributed by atoms with Gasteiger partial charge in [0.1, 0.15) is 8.42 Å². The first-order valence-corrected chi connectivity index (χ1v) is 8.45. The fraction of sp³-hybridized carbons (Fsp3) is 0. The van der Waals surface area contributed by atoms with E-state index in [9.17, 15) is 16.8 Å². The predicted molar refractivity (Wildman–Crippen MR) is 65.4 cm³/mol. The van der Waals surface area contributed by atoms with E-state index < -0.39 is 19.9 Å². The Morgan fingerprint density at radius 1 is 1.00 bits per heavy atom. The van der Waals surface area contributed by atoms with Crippen molar-refractivity contribution in [2.75, 3.05) is 0 Å². The number of rotatable bonds is 3. The maximum atomic E-state index is 12.1. The second kappa shape index (κ2) is 4.43. The summed E-state index contributed by atoms with van der Waals surface area (Å²) in [4.78, 5) is 3.74. The summed E-state index contributed by atoms with van der Waals surface area (Å²) in [6, 6.07) is 6.83. The van der Waals surface area contributed by atoms with Gasteiger partial charge in [0.25, 0.3) is 0 Å². The van der Waals surface area contributed by atoms with Crippen molar-refractivity contribution in [1.82, 2.24) is 4.98 Å². The zero-order chi connectivity index (χ0) is 13.4. The lowest BCUT2D eigenvalue weighted by atomic mass is 10.5. The van der Waals surface area contributed by atoms with Gasteiger partial charge in [0.15, 0.2) is 5.03 Å². The lowest BCUT2D eigenvalue weighted by Crippen LogP contribution is -2.10. The van der Waals surface area contributed by atoms with Crippen molar-refractivity contribution in [2.24, 2.45) is 5.14 Å². The first kappa shape index (κ1) is 13.1. The summed E-state index contributed by atoms with van der Waals surface area (Å²) in [6.45, 7) is 0. The molecule has 2 aromatic heterocycles. The van der Waals surface area contributed by atoms with Gasteiger partial charge in [-0.25, -0.2) is 27.0 Å². The van der Waals surface area contributed by atoms with Gasteiger partial charge in [-0.15, -0.1) is 11.3 Å². The maximum absolute atomic E-state index is 12.1. The number of nitrogens with zero attached hydrogens (tertiary/aromatic N) is 1. The van der Waals surface area contributed by atoms with Crippen molar-refractivity contribution in [3.05, 3.63) is 36.5 Å². The van der Waals surface area contributed by atoms with Crippen molar-refractivity contribution < 1.29 is 16.8 Å². The molecule has 96 valence electrons. The Balaban J connectivity index is 2.54. The van der Waals surface area contributed by atoms with Crippen LogP contribution in [0.4, 0.5) is 0 Å². The van der Waals surface area contributed by atoms with Gasteiger partial charge in [0.05, 0.1) is 0 Å². The third-order valence-corrected chi connectivity index (χ3v) is 6.70. The van der Waals surface area contributed by atoms with E-state index in [-0.39, 0.29) is 13.4 Å². The minimum Gasteiger partial charge on any atom is -0.244 e. The van der Waals surface area contributed by atoms with Crippen LogP contribution in [-0.4, -0.2) is 21.8 Å². The average Bonchev–Trinajstić information content (AvgIpc) is 2.79. The molecule has 0 aliphatic rings. The molecule has 2 heterocycles. The average molecular weight is 304 g/mol. The molecular weight excluding hydrogens is 296 g/mol. The van der Waals surface area contributed by atoms with E-state index in [2.05, 4.69) is 4.98 Å². The van der Waals surface area contributed by atoms with E-state index in [0.717, 1.165) is 6.07 Å². The first-order chi connectivity index (χ1) is 8.32. The van der Waals surface area contributed by atoms with Crippen LogP contribution in [-0.2, 0) is 19.9 Å². The normalized spacial score (nSPS) is 12.5. The summed E-state index contributed by atoms with van der Waals surface area (Å²) >= 11 is 0.601. The van der Waals surface area contributed by atoms with Crippen LogP contribution >= 0.6 is 11.3 Å². The minimum atomic E-state index is -3.89. The molecule has 0 saturated heterocycles. The number of primary sulfonamides is 1. The standard InChI is InChI=1S/C9H8N2O4S3/c10-18(14,15)9-5-4-8(16-9)17(12,13)7-3-1-2-6-11-7/h1-6H,(H2,10,14,15). The van der Waals surface area contributed by atoms with Crippen LogP contribution in [0.5, 0.6) is 0 Å². The molecule has 2 rings (SSSR count). The Bertz CT molecular complexity index is 763. The van der Waals surface area contributed by atoms with E-state index in [1.54, 1.807) is 6.07 Å². The van der Waals surface area contributed by atoms with Gasteiger partial charge < -0.3 is 0 Å². The maximum Gasteiger partial charge on any atom is 0.247 e. The zero-order valence-electron chi connectivity index (χ0n) is 8.85. The van der Waals surface area contributed by atoms with Gasteiger partial charge in [0.2, 0.25) is 19.9 Å². The summed E-state index contributed by atoms with van der Waals surface area (Å²) in [5.74, 6) is 0. The van der Waals surface area contributed by atoms with Crippen LogP contribution in [0.2, 0.25) is 0 Å². The monoisotopic (exact) mass is 304 g/mol. The number of aromatic nitrogens is 1. The Hall–Kier alpha value is -1.29. The quantitative estimate of drug-likeness (QED) is 0.894. The molecule has 0 spiro atoms. The summed E-state index contributed by atoms with van der Waals surface area (Å²) in [5, 5.41) is 4.79. The number of pyridine rings is 1. The van der Waals surface area contributed by atoms with Crippen LogP contribution in [0, 0.1) is 0 Å². The van der Waals surface area contributed by atoms with E-state index in [1.165, 1.54) is 24.4 Å². The molecule has 0 atom stereocenters. The molecule has 0 fully saturated rings. The predicted octanol–water partition coefficient (Wildman–Crippen LogP) is 0.623. The number of hydrogen-bond acceptors (Lipinski definition) is 6. The van der Waals surface area contributed by atoms with Gasteiger partial charge in [-0.1, -0.05) is 6.07 Å². The fourth-order valence-corrected chi connectivity index (χ4v) is 4.71. The van der Waals surface area contributed by atoms with E-state index in [1.807, 2.05) is 0 Å². The molecule has 0 aromatic carbocycles. The molecule has 0 radical (unpaired) electrons. The lowest BCUT2D eigenvalue weighted by molar-refractivity contribution is 0.594. The molecule has 0 aliphatic heterocycles. The summed E-state index contributed by atoms with van der Waals surface area (Å²) in [7, 11) is -7.68. The Labute approximate surface area is 108 Å². The first-order valence-electron chi connectivity index (χ1n) is 4.60. The third kappa shape index (κ3) is 2.43. The largest absolute Gasteiger partial charge is 0.247 e. The van der Waals surface area contributed by atoms with E-state index >= 15 is 0 Å². The van der Waals surface area contributed by atoms with Crippen molar-refractivity contribution in [1.29, 1.82) is 0 Å². The molecular formula is C9H8N2O4S3. The topological polar surface area (TPSA) is 107 Å². The fourth-order valence-electron chi connectivity index (χ4n) is 1.21. The van der Waals surface area contributed by atoms with Crippen molar-refractivity contribution in [2.45, 2.75) is 13.4 Å². The Kier molecular flexibility index (Phi) is 3.23. The third-order valence-electron chi connectivity index (χ3n) is 2.02. The number of nitrogens with two attached hydrogens (primary N) is 1. The van der Waals surface area contributed by atoms with Crippen molar-refractivity contribution >= 4 is 31.2 Å². The Morgan fingerprint density at radius 2 is 1.67 bits per heavy atom. The summed E-state index contributed by atoms with van der Waals surface area (Å²) in [6.07, 6.45) is 1.35. The molecule has 2 N–H and O–H groups in total. The van der Waals surface area contributed by atoms with Crippen LogP contribution in [0.1, 0.15) is 0 Å². The van der Waals surface area contributed by atoms with E-state index in [4.69, 9.17) is 5.14 Å². The summed E-state index contributed by atoms with van der Waals surface area (Å²) < 4.78 is 46.0. The second-order valence-corrected chi connectivity index (χ2v) is 8.29. The summed E-state index contributed by atoms with van der Waals surface area (Å²) in [5.41, 5.74) is 0. The highest BCUT2D eigenvalue weighted by Crippen LogP contribution is 2.28. The van der Waals surface area contributed by atoms with Crippen molar-refractivity contribution in [3.8, 4) is 0 Å². The zero-order valence-corrected chi connectivity index (χ0v) is 11.3. The molecule has 9 heteroatoms. The van der Waals surface area contributed by atoms with Crippen molar-refractivity contribution in [3.63, 3.8) is 0 Å². The highest BCUT2D eigenvalue weighted by Gasteiger charge is 2.23. The van der Waals surface area contributed by atoms with Gasteiger partial charge in [0, 0.05) is 6.20 Å². The number of sulfonamides is 1. The van der Waals surface area contributed by atoms with Gasteiger partial charge >= 0.3 is 0 Å². The second-order valence-electron chi connectivity index (χ2n) is 3.29. The van der Waals surface area contributed by atoms with Crippen LogP contribution in [0.15, 0.2) is 50.0 Å². The molecule has 6 nitrogen and oxygen atoms in total. The van der Waals surface area contributed by atoms with Gasteiger partial charge in [-0.3, -0.25) is 0 Å². The highest BCUT2D eigenvalue weighted by molar-refractivity contribution is 7.95.